The third-order valence-electron chi connectivity index (χ3n) is 5.66. The van der Waals surface area contributed by atoms with E-state index in [1.54, 1.807) is 0 Å². The van der Waals surface area contributed by atoms with E-state index in [-0.39, 0.29) is 6.03 Å². The Hall–Kier alpha value is -1.59. The molecule has 6 heteroatoms. The van der Waals surface area contributed by atoms with Crippen molar-refractivity contribution >= 4 is 6.03 Å². The number of piperidine rings is 1. The first-order chi connectivity index (χ1) is 10.8. The van der Waals surface area contributed by atoms with Gasteiger partial charge in [0.05, 0.1) is 6.54 Å². The number of carbonyl (C=O) groups excluding carboxylic acids is 1. The van der Waals surface area contributed by atoms with Crippen molar-refractivity contribution in [1.82, 2.24) is 25.0 Å². The van der Waals surface area contributed by atoms with Crippen LogP contribution >= 0.6 is 0 Å². The molecule has 1 N–H and O–H groups in total. The lowest BCUT2D eigenvalue weighted by molar-refractivity contribution is 0.102. The summed E-state index contributed by atoms with van der Waals surface area (Å²) < 4.78 is 2.15. The van der Waals surface area contributed by atoms with Crippen LogP contribution in [0.2, 0.25) is 0 Å². The third kappa shape index (κ3) is 2.59. The number of nitrogens with one attached hydrogen (secondary N) is 1. The summed E-state index contributed by atoms with van der Waals surface area (Å²) in [5.74, 6) is 3.55. The zero-order chi connectivity index (χ0) is 14.9. The van der Waals surface area contributed by atoms with Gasteiger partial charge in [-0.3, -0.25) is 0 Å². The van der Waals surface area contributed by atoms with E-state index in [1.807, 2.05) is 4.90 Å². The van der Waals surface area contributed by atoms with Gasteiger partial charge in [0.15, 0.2) is 5.82 Å². The molecule has 1 saturated heterocycles. The van der Waals surface area contributed by atoms with Crippen LogP contribution in [0.25, 0.3) is 0 Å². The maximum atomic E-state index is 12.4. The van der Waals surface area contributed by atoms with Gasteiger partial charge in [-0.2, -0.15) is 0 Å². The summed E-state index contributed by atoms with van der Waals surface area (Å²) in [5, 5.41) is 11.4. The highest BCUT2D eigenvalue weighted by molar-refractivity contribution is 5.74. The number of carbonyl (C=O) groups is 1. The number of rotatable bonds is 2. The molecule has 2 fully saturated rings. The molecule has 4 rings (SSSR count). The highest BCUT2D eigenvalue weighted by Gasteiger charge is 2.33. The molecule has 0 radical (unpaired) electrons. The van der Waals surface area contributed by atoms with E-state index in [9.17, 15) is 4.79 Å². The average molecular weight is 303 g/mol. The second-order valence-electron chi connectivity index (χ2n) is 6.99. The second kappa shape index (κ2) is 5.89. The number of hydrogen-bond donors (Lipinski definition) is 1. The predicted molar refractivity (Wildman–Crippen MR) is 82.2 cm³/mol. The van der Waals surface area contributed by atoms with Crippen LogP contribution in [0.1, 0.15) is 50.2 Å². The molecule has 1 aromatic heterocycles. The van der Waals surface area contributed by atoms with Crippen molar-refractivity contribution in [3.05, 3.63) is 11.6 Å². The minimum absolute atomic E-state index is 0.0689. The van der Waals surface area contributed by atoms with E-state index in [0.717, 1.165) is 56.0 Å². The van der Waals surface area contributed by atoms with E-state index in [4.69, 9.17) is 0 Å². The van der Waals surface area contributed by atoms with E-state index in [0.29, 0.717) is 6.54 Å². The number of amides is 2. The van der Waals surface area contributed by atoms with Gasteiger partial charge >= 0.3 is 6.03 Å². The Balaban J connectivity index is 1.32. The van der Waals surface area contributed by atoms with E-state index >= 15 is 0 Å². The first kappa shape index (κ1) is 14.0. The molecule has 1 aliphatic carbocycles. The molecule has 2 amide bonds. The van der Waals surface area contributed by atoms with Crippen LogP contribution in [0, 0.1) is 11.8 Å². The molecule has 0 aromatic carbocycles. The van der Waals surface area contributed by atoms with Crippen LogP contribution in [0.15, 0.2) is 0 Å². The molecule has 22 heavy (non-hydrogen) atoms. The first-order valence-corrected chi connectivity index (χ1v) is 8.75. The Kier molecular flexibility index (Phi) is 3.76. The van der Waals surface area contributed by atoms with Crippen LogP contribution in [0.4, 0.5) is 4.79 Å². The molecule has 120 valence electrons. The molecule has 0 unspecified atom stereocenters. The van der Waals surface area contributed by atoms with Gasteiger partial charge in [-0.1, -0.05) is 19.3 Å². The van der Waals surface area contributed by atoms with Crippen molar-refractivity contribution in [2.75, 3.05) is 13.1 Å². The number of nitrogens with zero attached hydrogens (tertiary/aromatic N) is 4. The Labute approximate surface area is 131 Å². The fourth-order valence-corrected chi connectivity index (χ4v) is 4.39. The zero-order valence-electron chi connectivity index (χ0n) is 13.1. The monoisotopic (exact) mass is 303 g/mol. The van der Waals surface area contributed by atoms with Gasteiger partial charge < -0.3 is 14.8 Å². The number of likely N-dealkylation sites (tertiary alicyclic amines) is 1. The first-order valence-electron chi connectivity index (χ1n) is 8.75. The summed E-state index contributed by atoms with van der Waals surface area (Å²) in [4.78, 5) is 14.4. The van der Waals surface area contributed by atoms with Crippen molar-refractivity contribution in [1.29, 1.82) is 0 Å². The molecule has 1 aromatic rings. The molecule has 3 aliphatic rings. The summed E-state index contributed by atoms with van der Waals surface area (Å²) >= 11 is 0. The third-order valence-corrected chi connectivity index (χ3v) is 5.66. The maximum absolute atomic E-state index is 12.4. The van der Waals surface area contributed by atoms with Gasteiger partial charge in [0, 0.05) is 26.1 Å². The summed E-state index contributed by atoms with van der Waals surface area (Å²) in [5.41, 5.74) is 0. The summed E-state index contributed by atoms with van der Waals surface area (Å²) in [7, 11) is 0. The molecular weight excluding hydrogens is 278 g/mol. The van der Waals surface area contributed by atoms with Crippen molar-refractivity contribution in [2.24, 2.45) is 11.8 Å². The number of hydrogen-bond acceptors (Lipinski definition) is 3. The van der Waals surface area contributed by atoms with Gasteiger partial charge in [0.25, 0.3) is 0 Å². The minimum Gasteiger partial charge on any atom is -0.331 e. The smallest absolute Gasteiger partial charge is 0.317 e. The van der Waals surface area contributed by atoms with Crippen molar-refractivity contribution in [2.45, 2.75) is 58.0 Å². The number of aromatic nitrogens is 3. The fraction of sp³-hybridized carbons (Fsp3) is 0.812. The maximum Gasteiger partial charge on any atom is 0.317 e. The van der Waals surface area contributed by atoms with Crippen molar-refractivity contribution in [3.63, 3.8) is 0 Å². The van der Waals surface area contributed by atoms with Crippen LogP contribution in [0.5, 0.6) is 0 Å². The molecule has 0 bridgehead atoms. The molecular formula is C16H25N5O. The van der Waals surface area contributed by atoms with Gasteiger partial charge in [-0.05, 0) is 31.1 Å². The lowest BCUT2D eigenvalue weighted by Crippen LogP contribution is -2.48. The predicted octanol–water partition coefficient (Wildman–Crippen LogP) is 1.95. The number of aryl methyl sites for hydroxylation is 1. The molecule has 3 heterocycles. The van der Waals surface area contributed by atoms with Crippen LogP contribution in [-0.2, 0) is 19.5 Å². The van der Waals surface area contributed by atoms with Crippen LogP contribution in [0.3, 0.4) is 0 Å². The second-order valence-corrected chi connectivity index (χ2v) is 6.99. The Bertz CT molecular complexity index is 555. The highest BCUT2D eigenvalue weighted by atomic mass is 16.2. The quantitative estimate of drug-likeness (QED) is 0.908. The van der Waals surface area contributed by atoms with E-state index in [1.165, 1.54) is 32.1 Å². The molecule has 1 saturated carbocycles. The zero-order valence-corrected chi connectivity index (χ0v) is 13.1. The summed E-state index contributed by atoms with van der Waals surface area (Å²) in [6.45, 7) is 3.33. The van der Waals surface area contributed by atoms with Gasteiger partial charge in [0.2, 0.25) is 0 Å². The minimum atomic E-state index is 0.0689. The SMILES string of the molecule is O=C(NCc1nnc2n1CCC2)N1CC[C@H]2CCCC[C@H]2C1. The summed E-state index contributed by atoms with van der Waals surface area (Å²) in [6, 6.07) is 0.0689. The molecule has 2 aliphatic heterocycles. The van der Waals surface area contributed by atoms with Gasteiger partial charge in [-0.25, -0.2) is 4.79 Å². The van der Waals surface area contributed by atoms with E-state index in [2.05, 4.69) is 20.1 Å². The highest BCUT2D eigenvalue weighted by Crippen LogP contribution is 2.35. The Morgan fingerprint density at radius 1 is 1.09 bits per heavy atom. The number of urea groups is 1. The van der Waals surface area contributed by atoms with Gasteiger partial charge in [0.1, 0.15) is 5.82 Å². The molecule has 0 spiro atoms. The molecule has 2 atom stereocenters. The Morgan fingerprint density at radius 2 is 1.95 bits per heavy atom. The number of fused-ring (bicyclic) bond motifs is 2. The lowest BCUT2D eigenvalue weighted by atomic mass is 9.75. The lowest BCUT2D eigenvalue weighted by Gasteiger charge is -2.41. The topological polar surface area (TPSA) is 63.1 Å². The largest absolute Gasteiger partial charge is 0.331 e. The van der Waals surface area contributed by atoms with Crippen LogP contribution < -0.4 is 5.32 Å². The van der Waals surface area contributed by atoms with Crippen molar-refractivity contribution < 1.29 is 4.79 Å². The van der Waals surface area contributed by atoms with Crippen LogP contribution in [-0.4, -0.2) is 38.8 Å². The summed E-state index contributed by atoms with van der Waals surface area (Å²) in [6.07, 6.45) is 8.71. The van der Waals surface area contributed by atoms with Crippen molar-refractivity contribution in [3.8, 4) is 0 Å². The van der Waals surface area contributed by atoms with E-state index < -0.39 is 0 Å². The Morgan fingerprint density at radius 3 is 2.86 bits per heavy atom. The van der Waals surface area contributed by atoms with Gasteiger partial charge in [-0.15, -0.1) is 10.2 Å². The fourth-order valence-electron chi connectivity index (χ4n) is 4.39. The molecule has 6 nitrogen and oxygen atoms in total. The average Bonchev–Trinajstić information content (AvgIpc) is 3.16. The normalized spacial score (nSPS) is 27.4. The standard InChI is InChI=1S/C16H25N5O/c22-16(17-10-15-19-18-14-6-3-8-21(14)15)20-9-7-12-4-1-2-5-13(12)11-20/h12-13H,1-11H2,(H,17,22)/t12-,13+/m1/s1.